The van der Waals surface area contributed by atoms with E-state index >= 15 is 0 Å². The van der Waals surface area contributed by atoms with Crippen molar-refractivity contribution in [3.63, 3.8) is 0 Å². The third-order valence-electron chi connectivity index (χ3n) is 6.76. The number of hydrogen-bond donors (Lipinski definition) is 2. The molecule has 4 rings (SSSR count). The standard InChI is InChI=1S/C26H37N5O2/c1-18(33-21-9-5-4-6-10-21)25(32)27-17-19-13-15-20(16-14-19)28-26-29-23-12-8-7-11-22(23)24(30-26)31(2)3/h4-6,9-10,18-20H,7-8,11-17H2,1-3H3,(H,27,32)(H,28,29,30). The SMILES string of the molecule is CC(Oc1ccccc1)C(=O)NCC1CCC(Nc2nc3c(c(N(C)C)n2)CCCC3)CC1. The number of ether oxygens (including phenoxy) is 1. The van der Waals surface area contributed by atoms with Crippen LogP contribution in [-0.2, 0) is 17.6 Å². The molecule has 0 saturated heterocycles. The van der Waals surface area contributed by atoms with Gasteiger partial charge in [0.1, 0.15) is 11.6 Å². The average Bonchev–Trinajstić information content (AvgIpc) is 2.83. The van der Waals surface area contributed by atoms with Crippen molar-refractivity contribution in [1.29, 1.82) is 0 Å². The van der Waals surface area contributed by atoms with Crippen LogP contribution in [0.4, 0.5) is 11.8 Å². The number of aryl methyl sites for hydroxylation is 1. The number of rotatable bonds is 8. The van der Waals surface area contributed by atoms with E-state index in [9.17, 15) is 4.79 Å². The molecule has 2 aliphatic carbocycles. The maximum Gasteiger partial charge on any atom is 0.260 e. The van der Waals surface area contributed by atoms with Crippen molar-refractivity contribution < 1.29 is 9.53 Å². The number of nitrogens with one attached hydrogen (secondary N) is 2. The van der Waals surface area contributed by atoms with Crippen LogP contribution in [-0.4, -0.2) is 48.7 Å². The Morgan fingerprint density at radius 1 is 1.09 bits per heavy atom. The third-order valence-corrected chi connectivity index (χ3v) is 6.76. The lowest BCUT2D eigenvalue weighted by atomic mass is 9.86. The van der Waals surface area contributed by atoms with Crippen molar-refractivity contribution >= 4 is 17.7 Å². The van der Waals surface area contributed by atoms with Gasteiger partial charge in [-0.05, 0) is 76.3 Å². The highest BCUT2D eigenvalue weighted by Crippen LogP contribution is 2.30. The van der Waals surface area contributed by atoms with E-state index in [1.54, 1.807) is 6.92 Å². The Balaban J connectivity index is 1.24. The molecule has 0 spiro atoms. The number of nitrogens with zero attached hydrogens (tertiary/aromatic N) is 3. The van der Waals surface area contributed by atoms with Crippen LogP contribution in [0.25, 0.3) is 0 Å². The first-order valence-corrected chi connectivity index (χ1v) is 12.3. The van der Waals surface area contributed by atoms with Crippen molar-refractivity contribution in [3.8, 4) is 5.75 Å². The van der Waals surface area contributed by atoms with Crippen LogP contribution >= 0.6 is 0 Å². The Hall–Kier alpha value is -2.83. The molecule has 1 unspecified atom stereocenters. The molecule has 1 saturated carbocycles. The topological polar surface area (TPSA) is 79.4 Å². The van der Waals surface area contributed by atoms with Gasteiger partial charge in [0.2, 0.25) is 5.95 Å². The normalized spacial score (nSPS) is 20.9. The first kappa shape index (κ1) is 23.3. The van der Waals surface area contributed by atoms with E-state index in [0.29, 0.717) is 24.3 Å². The molecule has 7 nitrogen and oxygen atoms in total. The minimum atomic E-state index is -0.502. The Bertz CT molecular complexity index is 926. The van der Waals surface area contributed by atoms with Gasteiger partial charge in [0.15, 0.2) is 6.10 Å². The van der Waals surface area contributed by atoms with Gasteiger partial charge in [-0.1, -0.05) is 18.2 Å². The monoisotopic (exact) mass is 451 g/mol. The fourth-order valence-corrected chi connectivity index (χ4v) is 4.85. The van der Waals surface area contributed by atoms with E-state index in [-0.39, 0.29) is 5.91 Å². The lowest BCUT2D eigenvalue weighted by Gasteiger charge is -2.30. The van der Waals surface area contributed by atoms with Crippen LogP contribution in [0.15, 0.2) is 30.3 Å². The largest absolute Gasteiger partial charge is 0.481 e. The van der Waals surface area contributed by atoms with E-state index in [2.05, 4.69) is 29.6 Å². The summed E-state index contributed by atoms with van der Waals surface area (Å²) in [5.74, 6) is 2.98. The zero-order chi connectivity index (χ0) is 23.2. The predicted octanol–water partition coefficient (Wildman–Crippen LogP) is 3.98. The van der Waals surface area contributed by atoms with Gasteiger partial charge in [-0.2, -0.15) is 4.98 Å². The summed E-state index contributed by atoms with van der Waals surface area (Å²) in [4.78, 5) is 24.2. The van der Waals surface area contributed by atoms with Crippen LogP contribution in [0.2, 0.25) is 0 Å². The van der Waals surface area contributed by atoms with E-state index < -0.39 is 6.10 Å². The van der Waals surface area contributed by atoms with Crippen molar-refractivity contribution in [2.45, 2.75) is 70.4 Å². The zero-order valence-electron chi connectivity index (χ0n) is 20.1. The second-order valence-electron chi connectivity index (χ2n) is 9.58. The van der Waals surface area contributed by atoms with Gasteiger partial charge in [0, 0.05) is 32.2 Å². The molecule has 2 aromatic rings. The smallest absolute Gasteiger partial charge is 0.260 e. The highest BCUT2D eigenvalue weighted by atomic mass is 16.5. The number of amides is 1. The number of fused-ring (bicyclic) bond motifs is 1. The predicted molar refractivity (Wildman–Crippen MR) is 132 cm³/mol. The number of benzene rings is 1. The van der Waals surface area contributed by atoms with E-state index in [1.165, 1.54) is 24.1 Å². The quantitative estimate of drug-likeness (QED) is 0.632. The maximum atomic E-state index is 12.4. The number of hydrogen-bond acceptors (Lipinski definition) is 6. The molecule has 7 heteroatoms. The fourth-order valence-electron chi connectivity index (χ4n) is 4.85. The summed E-state index contributed by atoms with van der Waals surface area (Å²) < 4.78 is 5.73. The summed E-state index contributed by atoms with van der Waals surface area (Å²) in [7, 11) is 4.12. The lowest BCUT2D eigenvalue weighted by Crippen LogP contribution is -2.40. The molecule has 2 aliphatic rings. The molecule has 1 atom stereocenters. The third kappa shape index (κ3) is 6.15. The molecule has 1 aromatic carbocycles. The number of carbonyl (C=O) groups is 1. The number of carbonyl (C=O) groups excluding carboxylic acids is 1. The molecule has 1 heterocycles. The van der Waals surface area contributed by atoms with Gasteiger partial charge in [0.05, 0.1) is 5.69 Å². The molecule has 0 bridgehead atoms. The summed E-state index contributed by atoms with van der Waals surface area (Å²) >= 11 is 0. The molecular formula is C26H37N5O2. The van der Waals surface area contributed by atoms with Crippen LogP contribution < -0.4 is 20.3 Å². The molecule has 2 N–H and O–H groups in total. The van der Waals surface area contributed by atoms with E-state index in [1.807, 2.05) is 30.3 Å². The van der Waals surface area contributed by atoms with Gasteiger partial charge in [-0.3, -0.25) is 4.79 Å². The van der Waals surface area contributed by atoms with Crippen molar-refractivity contribution in [3.05, 3.63) is 41.6 Å². The summed E-state index contributed by atoms with van der Waals surface area (Å²) in [5, 5.41) is 6.68. The Morgan fingerprint density at radius 3 is 2.55 bits per heavy atom. The second kappa shape index (κ2) is 10.9. The molecule has 1 fully saturated rings. The van der Waals surface area contributed by atoms with Gasteiger partial charge < -0.3 is 20.3 Å². The van der Waals surface area contributed by atoms with Crippen molar-refractivity contribution in [1.82, 2.24) is 15.3 Å². The highest BCUT2D eigenvalue weighted by molar-refractivity contribution is 5.80. The van der Waals surface area contributed by atoms with Crippen LogP contribution in [0, 0.1) is 5.92 Å². The van der Waals surface area contributed by atoms with Crippen LogP contribution in [0.5, 0.6) is 5.75 Å². The Kier molecular flexibility index (Phi) is 7.68. The van der Waals surface area contributed by atoms with E-state index in [4.69, 9.17) is 14.7 Å². The average molecular weight is 452 g/mol. The Labute approximate surface area is 197 Å². The molecule has 1 aromatic heterocycles. The first-order valence-electron chi connectivity index (χ1n) is 12.3. The molecule has 0 aliphatic heterocycles. The minimum Gasteiger partial charge on any atom is -0.481 e. The van der Waals surface area contributed by atoms with Crippen LogP contribution in [0.1, 0.15) is 56.7 Å². The number of anilines is 2. The summed E-state index contributed by atoms with van der Waals surface area (Å²) in [6.07, 6.45) is 8.35. The van der Waals surface area contributed by atoms with Gasteiger partial charge in [-0.15, -0.1) is 0 Å². The first-order chi connectivity index (χ1) is 16.0. The molecular weight excluding hydrogens is 414 g/mol. The van der Waals surface area contributed by atoms with Crippen molar-refractivity contribution in [2.75, 3.05) is 30.9 Å². The molecule has 33 heavy (non-hydrogen) atoms. The fraction of sp³-hybridized carbons (Fsp3) is 0.577. The number of para-hydroxylation sites is 1. The molecule has 1 amide bonds. The summed E-state index contributed by atoms with van der Waals surface area (Å²) in [5.41, 5.74) is 2.53. The maximum absolute atomic E-state index is 12.4. The van der Waals surface area contributed by atoms with Crippen LogP contribution in [0.3, 0.4) is 0 Å². The highest BCUT2D eigenvalue weighted by Gasteiger charge is 2.25. The summed E-state index contributed by atoms with van der Waals surface area (Å²) in [6.45, 7) is 2.50. The van der Waals surface area contributed by atoms with Crippen molar-refractivity contribution in [2.24, 2.45) is 5.92 Å². The summed E-state index contributed by atoms with van der Waals surface area (Å²) in [6, 6.07) is 9.86. The Morgan fingerprint density at radius 2 is 1.82 bits per heavy atom. The van der Waals surface area contributed by atoms with Gasteiger partial charge in [0.25, 0.3) is 5.91 Å². The van der Waals surface area contributed by atoms with Gasteiger partial charge in [-0.25, -0.2) is 4.98 Å². The lowest BCUT2D eigenvalue weighted by molar-refractivity contribution is -0.127. The second-order valence-corrected chi connectivity index (χ2v) is 9.58. The minimum absolute atomic E-state index is 0.0576. The van der Waals surface area contributed by atoms with E-state index in [0.717, 1.165) is 50.3 Å². The molecule has 0 radical (unpaired) electrons. The molecule has 178 valence electrons. The van der Waals surface area contributed by atoms with Gasteiger partial charge >= 0.3 is 0 Å². The zero-order valence-corrected chi connectivity index (χ0v) is 20.1. The number of aromatic nitrogens is 2.